The van der Waals surface area contributed by atoms with Gasteiger partial charge in [0.1, 0.15) is 0 Å². The van der Waals surface area contributed by atoms with Crippen LogP contribution in [0.2, 0.25) is 0 Å². The maximum Gasteiger partial charge on any atom is 0.312 e. The Hall–Kier alpha value is -2.87. The van der Waals surface area contributed by atoms with Crippen LogP contribution in [0.15, 0.2) is 47.8 Å². The first-order valence-electron chi connectivity index (χ1n) is 8.57. The fourth-order valence-corrected chi connectivity index (χ4v) is 3.10. The minimum atomic E-state index is -0.707. The van der Waals surface area contributed by atoms with Crippen molar-refractivity contribution in [1.29, 1.82) is 0 Å². The summed E-state index contributed by atoms with van der Waals surface area (Å²) < 4.78 is 5.02. The first-order valence-corrected chi connectivity index (χ1v) is 9.45. The zero-order valence-corrected chi connectivity index (χ0v) is 15.7. The maximum atomic E-state index is 12.5. The molecular formula is C19H23N3O4S. The molecule has 7 nitrogen and oxygen atoms in total. The maximum absolute atomic E-state index is 12.5. The van der Waals surface area contributed by atoms with Gasteiger partial charge < -0.3 is 20.7 Å². The third kappa shape index (κ3) is 7.91. The standard InChI is InChI=1S/C19H23N3O4S/c20-19(25)21-10-8-18(24)26-14-17(23)22(13-16-7-4-12-27-16)11-9-15-5-2-1-3-6-15/h1-7,12H,8-11,13-14H2,(H3,20,21,25). The van der Waals surface area contributed by atoms with Crippen molar-refractivity contribution in [2.24, 2.45) is 5.73 Å². The van der Waals surface area contributed by atoms with E-state index in [9.17, 15) is 14.4 Å². The first kappa shape index (κ1) is 20.4. The smallest absolute Gasteiger partial charge is 0.312 e. The number of nitrogens with two attached hydrogens (primary N) is 1. The Morgan fingerprint density at radius 2 is 1.89 bits per heavy atom. The van der Waals surface area contributed by atoms with Gasteiger partial charge in [-0.15, -0.1) is 11.3 Å². The second-order valence-corrected chi connectivity index (χ2v) is 6.86. The molecule has 1 aromatic carbocycles. The molecule has 0 saturated carbocycles. The minimum absolute atomic E-state index is 0.0365. The number of hydrogen-bond donors (Lipinski definition) is 2. The van der Waals surface area contributed by atoms with Crippen LogP contribution in [0.1, 0.15) is 16.9 Å². The average molecular weight is 389 g/mol. The lowest BCUT2D eigenvalue weighted by atomic mass is 10.1. The quantitative estimate of drug-likeness (QED) is 0.606. The highest BCUT2D eigenvalue weighted by Crippen LogP contribution is 2.13. The van der Waals surface area contributed by atoms with Crippen LogP contribution in [-0.2, 0) is 27.3 Å². The normalized spacial score (nSPS) is 10.2. The van der Waals surface area contributed by atoms with Crippen LogP contribution >= 0.6 is 11.3 Å². The molecule has 0 atom stereocenters. The zero-order valence-electron chi connectivity index (χ0n) is 14.9. The van der Waals surface area contributed by atoms with Crippen LogP contribution < -0.4 is 11.1 Å². The van der Waals surface area contributed by atoms with Gasteiger partial charge in [0.25, 0.3) is 5.91 Å². The second-order valence-electron chi connectivity index (χ2n) is 5.83. The van der Waals surface area contributed by atoms with Crippen molar-refractivity contribution >= 4 is 29.2 Å². The first-order chi connectivity index (χ1) is 13.0. The summed E-state index contributed by atoms with van der Waals surface area (Å²) in [5.74, 6) is -0.813. The lowest BCUT2D eigenvalue weighted by Crippen LogP contribution is -2.36. The van der Waals surface area contributed by atoms with E-state index in [0.29, 0.717) is 19.5 Å². The third-order valence-corrected chi connectivity index (χ3v) is 4.64. The van der Waals surface area contributed by atoms with Gasteiger partial charge in [-0.25, -0.2) is 4.79 Å². The molecule has 2 rings (SSSR count). The van der Waals surface area contributed by atoms with Gasteiger partial charge in [-0.3, -0.25) is 9.59 Å². The van der Waals surface area contributed by atoms with Crippen LogP contribution in [0.25, 0.3) is 0 Å². The number of nitrogens with one attached hydrogen (secondary N) is 1. The SMILES string of the molecule is NC(=O)NCCC(=O)OCC(=O)N(CCc1ccccc1)Cc1cccs1. The number of thiophene rings is 1. The summed E-state index contributed by atoms with van der Waals surface area (Å²) >= 11 is 1.57. The summed E-state index contributed by atoms with van der Waals surface area (Å²) in [6.07, 6.45) is 0.680. The van der Waals surface area contributed by atoms with Crippen molar-refractivity contribution in [2.75, 3.05) is 19.7 Å². The fraction of sp³-hybridized carbons (Fsp3) is 0.316. The van der Waals surface area contributed by atoms with Gasteiger partial charge in [0.2, 0.25) is 0 Å². The molecule has 0 aliphatic rings. The van der Waals surface area contributed by atoms with E-state index in [1.807, 2.05) is 47.8 Å². The number of carbonyl (C=O) groups excluding carboxylic acids is 3. The van der Waals surface area contributed by atoms with E-state index in [4.69, 9.17) is 10.5 Å². The average Bonchev–Trinajstić information content (AvgIpc) is 3.17. The third-order valence-electron chi connectivity index (χ3n) is 3.78. The molecule has 0 bridgehead atoms. The Balaban J connectivity index is 1.86. The molecule has 0 fully saturated rings. The van der Waals surface area contributed by atoms with Gasteiger partial charge in [0, 0.05) is 18.0 Å². The number of urea groups is 1. The Bertz CT molecular complexity index is 735. The number of ether oxygens (including phenoxy) is 1. The Morgan fingerprint density at radius 1 is 1.11 bits per heavy atom. The molecule has 0 radical (unpaired) electrons. The number of amides is 3. The van der Waals surface area contributed by atoms with Crippen molar-refractivity contribution < 1.29 is 19.1 Å². The molecule has 1 aromatic heterocycles. The molecule has 8 heteroatoms. The van der Waals surface area contributed by atoms with Crippen molar-refractivity contribution in [3.63, 3.8) is 0 Å². The van der Waals surface area contributed by atoms with E-state index in [0.717, 1.165) is 10.4 Å². The largest absolute Gasteiger partial charge is 0.456 e. The predicted octanol–water partition coefficient (Wildman–Crippen LogP) is 1.92. The molecule has 0 aliphatic heterocycles. The minimum Gasteiger partial charge on any atom is -0.456 e. The molecule has 1 heterocycles. The monoisotopic (exact) mass is 389 g/mol. The molecule has 0 spiro atoms. The predicted molar refractivity (Wildman–Crippen MR) is 103 cm³/mol. The van der Waals surface area contributed by atoms with Gasteiger partial charge in [-0.1, -0.05) is 36.4 Å². The van der Waals surface area contributed by atoms with Crippen LogP contribution in [0.4, 0.5) is 4.79 Å². The summed E-state index contributed by atoms with van der Waals surface area (Å²) in [7, 11) is 0. The topological polar surface area (TPSA) is 102 Å². The number of rotatable bonds is 10. The molecule has 27 heavy (non-hydrogen) atoms. The zero-order chi connectivity index (χ0) is 19.5. The summed E-state index contributed by atoms with van der Waals surface area (Å²) in [4.78, 5) is 37.5. The van der Waals surface area contributed by atoms with Crippen LogP contribution in [0.5, 0.6) is 0 Å². The van der Waals surface area contributed by atoms with E-state index in [-0.39, 0.29) is 25.5 Å². The number of hydrogen-bond acceptors (Lipinski definition) is 5. The molecule has 3 amide bonds. The lowest BCUT2D eigenvalue weighted by Gasteiger charge is -2.22. The highest BCUT2D eigenvalue weighted by atomic mass is 32.1. The van der Waals surface area contributed by atoms with Crippen molar-refractivity contribution in [1.82, 2.24) is 10.2 Å². The second kappa shape index (κ2) is 11.0. The molecule has 0 saturated heterocycles. The fourth-order valence-electron chi connectivity index (χ4n) is 2.38. The summed E-state index contributed by atoms with van der Waals surface area (Å²) in [6.45, 7) is 0.760. The molecule has 0 aliphatic carbocycles. The lowest BCUT2D eigenvalue weighted by molar-refractivity contribution is -0.152. The highest BCUT2D eigenvalue weighted by molar-refractivity contribution is 7.09. The number of benzene rings is 1. The van der Waals surface area contributed by atoms with Gasteiger partial charge in [-0.2, -0.15) is 0 Å². The summed E-state index contributed by atoms with van der Waals surface area (Å²) in [5, 5.41) is 4.26. The molecule has 144 valence electrons. The number of carbonyl (C=O) groups is 3. The molecular weight excluding hydrogens is 366 g/mol. The summed E-state index contributed by atoms with van der Waals surface area (Å²) in [5.41, 5.74) is 6.06. The van der Waals surface area contributed by atoms with Gasteiger partial charge in [-0.05, 0) is 23.4 Å². The number of esters is 1. The van der Waals surface area contributed by atoms with E-state index in [2.05, 4.69) is 5.32 Å². The van der Waals surface area contributed by atoms with Gasteiger partial charge in [0.15, 0.2) is 6.61 Å². The van der Waals surface area contributed by atoms with Crippen LogP contribution in [-0.4, -0.2) is 42.5 Å². The molecule has 0 unspecified atom stereocenters. The van der Waals surface area contributed by atoms with Crippen molar-refractivity contribution in [3.8, 4) is 0 Å². The van der Waals surface area contributed by atoms with Crippen molar-refractivity contribution in [3.05, 3.63) is 58.3 Å². The molecule has 2 aromatic rings. The van der Waals surface area contributed by atoms with E-state index < -0.39 is 12.0 Å². The van der Waals surface area contributed by atoms with Gasteiger partial charge >= 0.3 is 12.0 Å². The number of nitrogens with zero attached hydrogens (tertiary/aromatic N) is 1. The Kier molecular flexibility index (Phi) is 8.31. The van der Waals surface area contributed by atoms with Gasteiger partial charge in [0.05, 0.1) is 13.0 Å². The van der Waals surface area contributed by atoms with Crippen molar-refractivity contribution in [2.45, 2.75) is 19.4 Å². The van der Waals surface area contributed by atoms with E-state index >= 15 is 0 Å². The molecule has 3 N–H and O–H groups in total. The highest BCUT2D eigenvalue weighted by Gasteiger charge is 2.17. The van der Waals surface area contributed by atoms with E-state index in [1.165, 1.54) is 0 Å². The van der Waals surface area contributed by atoms with Crippen LogP contribution in [0.3, 0.4) is 0 Å². The summed E-state index contributed by atoms with van der Waals surface area (Å²) in [6, 6.07) is 13.1. The van der Waals surface area contributed by atoms with E-state index in [1.54, 1.807) is 16.2 Å². The Labute approximate surface area is 162 Å². The number of primary amides is 1. The van der Waals surface area contributed by atoms with Crippen LogP contribution in [0, 0.1) is 0 Å². The Morgan fingerprint density at radius 3 is 2.56 bits per heavy atom.